The first kappa shape index (κ1) is 20.6. The maximum absolute atomic E-state index is 12.6. The highest BCUT2D eigenvalue weighted by Crippen LogP contribution is 2.27. The van der Waals surface area contributed by atoms with E-state index in [9.17, 15) is 14.4 Å². The molecular formula is C23H26N2O4. The Kier molecular flexibility index (Phi) is 6.32. The van der Waals surface area contributed by atoms with Gasteiger partial charge in [-0.25, -0.2) is 4.79 Å². The number of ether oxygens (including phenoxy) is 1. The molecule has 1 aliphatic heterocycles. The van der Waals surface area contributed by atoms with Gasteiger partial charge in [0.25, 0.3) is 0 Å². The summed E-state index contributed by atoms with van der Waals surface area (Å²) in [4.78, 5) is 38.4. The quantitative estimate of drug-likeness (QED) is 0.752. The van der Waals surface area contributed by atoms with E-state index in [0.717, 1.165) is 5.69 Å². The van der Waals surface area contributed by atoms with E-state index in [4.69, 9.17) is 4.74 Å². The van der Waals surface area contributed by atoms with Gasteiger partial charge in [0, 0.05) is 24.3 Å². The summed E-state index contributed by atoms with van der Waals surface area (Å²) in [6, 6.07) is 14.4. The van der Waals surface area contributed by atoms with Gasteiger partial charge in [-0.1, -0.05) is 26.0 Å². The average molecular weight is 394 g/mol. The Hall–Kier alpha value is -3.15. The van der Waals surface area contributed by atoms with Crippen LogP contribution in [0.3, 0.4) is 0 Å². The Morgan fingerprint density at radius 1 is 1.10 bits per heavy atom. The molecule has 29 heavy (non-hydrogen) atoms. The third-order valence-corrected chi connectivity index (χ3v) is 5.03. The molecular weight excluding hydrogens is 368 g/mol. The van der Waals surface area contributed by atoms with Crippen LogP contribution >= 0.6 is 0 Å². The second-order valence-corrected chi connectivity index (χ2v) is 7.44. The van der Waals surface area contributed by atoms with E-state index in [2.05, 4.69) is 19.2 Å². The van der Waals surface area contributed by atoms with Crippen molar-refractivity contribution in [3.63, 3.8) is 0 Å². The fourth-order valence-electron chi connectivity index (χ4n) is 3.32. The lowest BCUT2D eigenvalue weighted by Crippen LogP contribution is -2.28. The van der Waals surface area contributed by atoms with Gasteiger partial charge < -0.3 is 15.0 Å². The van der Waals surface area contributed by atoms with Crippen molar-refractivity contribution >= 4 is 29.2 Å². The zero-order valence-corrected chi connectivity index (χ0v) is 17.0. The largest absolute Gasteiger partial charge is 0.462 e. The first-order valence-electron chi connectivity index (χ1n) is 9.87. The minimum absolute atomic E-state index is 0.0555. The fraction of sp³-hybridized carbons (Fsp3) is 0.348. The molecule has 0 aliphatic carbocycles. The number of amides is 2. The number of esters is 1. The second-order valence-electron chi connectivity index (χ2n) is 7.44. The van der Waals surface area contributed by atoms with E-state index in [-0.39, 0.29) is 18.2 Å². The van der Waals surface area contributed by atoms with Gasteiger partial charge in [-0.15, -0.1) is 0 Å². The molecule has 6 nitrogen and oxygen atoms in total. The van der Waals surface area contributed by atoms with Gasteiger partial charge in [0.15, 0.2) is 0 Å². The van der Waals surface area contributed by atoms with Gasteiger partial charge in [0.05, 0.1) is 18.1 Å². The molecule has 3 rings (SSSR count). The van der Waals surface area contributed by atoms with Gasteiger partial charge in [-0.3, -0.25) is 9.59 Å². The molecule has 1 heterocycles. The van der Waals surface area contributed by atoms with E-state index in [1.165, 1.54) is 5.56 Å². The standard InChI is InChI=1S/C23H26N2O4/c1-4-29-23(28)17-5-9-19(10-6-17)24-22(27)18-13-21(26)25(14-18)20-11-7-16(8-12-20)15(2)3/h5-12,15,18H,4,13-14H2,1-3H3,(H,24,27)/t18-/m1/s1. The molecule has 152 valence electrons. The lowest BCUT2D eigenvalue weighted by molar-refractivity contribution is -0.122. The molecule has 0 aromatic heterocycles. The van der Waals surface area contributed by atoms with Gasteiger partial charge in [-0.2, -0.15) is 0 Å². The predicted octanol–water partition coefficient (Wildman–Crippen LogP) is 3.98. The summed E-state index contributed by atoms with van der Waals surface area (Å²) < 4.78 is 4.95. The van der Waals surface area contributed by atoms with Crippen LogP contribution in [0, 0.1) is 5.92 Å². The summed E-state index contributed by atoms with van der Waals surface area (Å²) in [5.74, 6) is -0.654. The number of rotatable bonds is 6. The van der Waals surface area contributed by atoms with Gasteiger partial charge in [0.2, 0.25) is 11.8 Å². The Balaban J connectivity index is 1.62. The van der Waals surface area contributed by atoms with Gasteiger partial charge >= 0.3 is 5.97 Å². The highest BCUT2D eigenvalue weighted by Gasteiger charge is 2.35. The van der Waals surface area contributed by atoms with Crippen molar-refractivity contribution in [2.75, 3.05) is 23.4 Å². The van der Waals surface area contributed by atoms with Crippen molar-refractivity contribution < 1.29 is 19.1 Å². The highest BCUT2D eigenvalue weighted by molar-refractivity contribution is 6.03. The van der Waals surface area contributed by atoms with E-state index in [1.54, 1.807) is 36.1 Å². The first-order valence-corrected chi connectivity index (χ1v) is 9.87. The molecule has 2 aromatic rings. The van der Waals surface area contributed by atoms with Crippen LogP contribution in [-0.4, -0.2) is 30.9 Å². The lowest BCUT2D eigenvalue weighted by Gasteiger charge is -2.18. The zero-order chi connectivity index (χ0) is 21.0. The SMILES string of the molecule is CCOC(=O)c1ccc(NC(=O)[C@@H]2CC(=O)N(c3ccc(C(C)C)cc3)C2)cc1. The Morgan fingerprint density at radius 3 is 2.34 bits per heavy atom. The highest BCUT2D eigenvalue weighted by atomic mass is 16.5. The number of carbonyl (C=O) groups is 3. The lowest BCUT2D eigenvalue weighted by atomic mass is 10.0. The Labute approximate surface area is 170 Å². The molecule has 6 heteroatoms. The summed E-state index contributed by atoms with van der Waals surface area (Å²) in [5, 5.41) is 2.83. The molecule has 1 saturated heterocycles. The maximum atomic E-state index is 12.6. The number of hydrogen-bond acceptors (Lipinski definition) is 4. The molecule has 1 aliphatic rings. The normalized spacial score (nSPS) is 16.2. The van der Waals surface area contributed by atoms with Gasteiger partial charge in [-0.05, 0) is 54.8 Å². The average Bonchev–Trinajstić information content (AvgIpc) is 3.10. The van der Waals surface area contributed by atoms with Crippen LogP contribution in [0.25, 0.3) is 0 Å². The Bertz CT molecular complexity index is 888. The van der Waals surface area contributed by atoms with Crippen molar-refractivity contribution in [1.82, 2.24) is 0 Å². The van der Waals surface area contributed by atoms with Crippen molar-refractivity contribution in [2.24, 2.45) is 5.92 Å². The molecule has 2 aromatic carbocycles. The van der Waals surface area contributed by atoms with E-state index < -0.39 is 11.9 Å². The maximum Gasteiger partial charge on any atom is 0.338 e. The van der Waals surface area contributed by atoms with Crippen LogP contribution in [0.1, 0.15) is 49.0 Å². The van der Waals surface area contributed by atoms with Crippen LogP contribution in [0.4, 0.5) is 11.4 Å². The van der Waals surface area contributed by atoms with Crippen LogP contribution in [0.5, 0.6) is 0 Å². The molecule has 1 fully saturated rings. The number of hydrogen-bond donors (Lipinski definition) is 1. The summed E-state index contributed by atoms with van der Waals surface area (Å²) in [5.41, 5.74) is 3.03. The number of nitrogens with zero attached hydrogens (tertiary/aromatic N) is 1. The number of nitrogens with one attached hydrogen (secondary N) is 1. The fourth-order valence-corrected chi connectivity index (χ4v) is 3.32. The van der Waals surface area contributed by atoms with Crippen molar-refractivity contribution in [3.8, 4) is 0 Å². The van der Waals surface area contributed by atoms with Gasteiger partial charge in [0.1, 0.15) is 0 Å². The third kappa shape index (κ3) is 4.83. The molecule has 0 radical (unpaired) electrons. The number of anilines is 2. The van der Waals surface area contributed by atoms with E-state index in [0.29, 0.717) is 30.3 Å². The van der Waals surface area contributed by atoms with Crippen molar-refractivity contribution in [2.45, 2.75) is 33.1 Å². The van der Waals surface area contributed by atoms with Crippen LogP contribution in [-0.2, 0) is 14.3 Å². The Morgan fingerprint density at radius 2 is 1.76 bits per heavy atom. The minimum Gasteiger partial charge on any atom is -0.462 e. The molecule has 0 bridgehead atoms. The summed E-state index contributed by atoms with van der Waals surface area (Å²) in [7, 11) is 0. The molecule has 0 unspecified atom stereocenters. The molecule has 0 saturated carbocycles. The van der Waals surface area contributed by atoms with Crippen LogP contribution < -0.4 is 10.2 Å². The van der Waals surface area contributed by atoms with E-state index in [1.807, 2.05) is 24.3 Å². The minimum atomic E-state index is -0.419. The molecule has 2 amide bonds. The monoisotopic (exact) mass is 394 g/mol. The van der Waals surface area contributed by atoms with Crippen LogP contribution in [0.15, 0.2) is 48.5 Å². The summed E-state index contributed by atoms with van der Waals surface area (Å²) >= 11 is 0. The second kappa shape index (κ2) is 8.90. The molecule has 0 spiro atoms. The topological polar surface area (TPSA) is 75.7 Å². The zero-order valence-electron chi connectivity index (χ0n) is 17.0. The summed E-state index contributed by atoms with van der Waals surface area (Å²) in [6.45, 7) is 6.65. The molecule has 1 atom stereocenters. The van der Waals surface area contributed by atoms with E-state index >= 15 is 0 Å². The molecule has 1 N–H and O–H groups in total. The smallest absolute Gasteiger partial charge is 0.338 e. The number of benzene rings is 2. The predicted molar refractivity (Wildman–Crippen MR) is 112 cm³/mol. The number of carbonyl (C=O) groups excluding carboxylic acids is 3. The van der Waals surface area contributed by atoms with Crippen LogP contribution in [0.2, 0.25) is 0 Å². The summed E-state index contributed by atoms with van der Waals surface area (Å²) in [6.07, 6.45) is 0.179. The first-order chi connectivity index (χ1) is 13.9. The van der Waals surface area contributed by atoms with Crippen molar-refractivity contribution in [3.05, 3.63) is 59.7 Å². The third-order valence-electron chi connectivity index (χ3n) is 5.03. The van der Waals surface area contributed by atoms with Crippen molar-refractivity contribution in [1.29, 1.82) is 0 Å².